The van der Waals surface area contributed by atoms with Gasteiger partial charge in [-0.25, -0.2) is 9.37 Å². The van der Waals surface area contributed by atoms with Gasteiger partial charge in [0.05, 0.1) is 22.3 Å². The molecule has 0 amide bonds. The van der Waals surface area contributed by atoms with Crippen molar-refractivity contribution >= 4 is 22.6 Å². The summed E-state index contributed by atoms with van der Waals surface area (Å²) in [7, 11) is 0. The highest BCUT2D eigenvalue weighted by Gasteiger charge is 2.14. The first-order valence-corrected chi connectivity index (χ1v) is 10.7. The molecule has 3 aromatic heterocycles. The number of hydrogen-bond acceptors (Lipinski definition) is 5. The van der Waals surface area contributed by atoms with E-state index >= 15 is 0 Å². The molecule has 158 valence electrons. The fourth-order valence-electron chi connectivity index (χ4n) is 4.01. The Morgan fingerprint density at radius 1 is 1.10 bits per heavy atom. The molecular weight excluding hydrogens is 415 g/mol. The summed E-state index contributed by atoms with van der Waals surface area (Å²) < 4.78 is 14.2. The number of nitrogens with one attached hydrogen (secondary N) is 2. The zero-order valence-electron chi connectivity index (χ0n) is 16.9. The molecule has 1 aliphatic rings. The zero-order chi connectivity index (χ0) is 21.2. The Kier molecular flexibility index (Phi) is 5.63. The number of fused-ring (bicyclic) bond motifs is 1. The summed E-state index contributed by atoms with van der Waals surface area (Å²) in [6.45, 7) is 5.12. The molecule has 5 rings (SSSR count). The monoisotopic (exact) mass is 436 g/mol. The summed E-state index contributed by atoms with van der Waals surface area (Å²) in [4.78, 5) is 18.8. The van der Waals surface area contributed by atoms with E-state index in [0.29, 0.717) is 17.5 Å². The second-order valence-corrected chi connectivity index (χ2v) is 8.16. The first-order valence-electron chi connectivity index (χ1n) is 10.3. The average Bonchev–Trinajstić information content (AvgIpc) is 3.16. The number of aromatic nitrogens is 4. The van der Waals surface area contributed by atoms with Gasteiger partial charge in [-0.05, 0) is 35.4 Å². The van der Waals surface area contributed by atoms with Crippen molar-refractivity contribution in [3.05, 3.63) is 76.8 Å². The van der Waals surface area contributed by atoms with Gasteiger partial charge in [-0.3, -0.25) is 14.9 Å². The molecule has 2 N–H and O–H groups in total. The number of aromatic amines is 1. The molecule has 4 heterocycles. The highest BCUT2D eigenvalue weighted by molar-refractivity contribution is 6.33. The number of piperazine rings is 1. The average molecular weight is 437 g/mol. The lowest BCUT2D eigenvalue weighted by atomic mass is 10.1. The van der Waals surface area contributed by atoms with Gasteiger partial charge in [-0.1, -0.05) is 17.7 Å². The minimum absolute atomic E-state index is 0.282. The zero-order valence-corrected chi connectivity index (χ0v) is 17.7. The third kappa shape index (κ3) is 4.44. The van der Waals surface area contributed by atoms with Crippen molar-refractivity contribution in [2.24, 2.45) is 0 Å². The Morgan fingerprint density at radius 3 is 2.81 bits per heavy atom. The Hall–Kier alpha value is -2.87. The second kappa shape index (κ2) is 8.70. The Labute approximate surface area is 184 Å². The molecule has 0 unspecified atom stereocenters. The van der Waals surface area contributed by atoms with Crippen molar-refractivity contribution < 1.29 is 4.39 Å². The van der Waals surface area contributed by atoms with E-state index in [0.717, 1.165) is 55.3 Å². The smallest absolute Gasteiger partial charge is 0.150 e. The standard InChI is InChI=1S/C23H22ClFN6/c24-18-12-27-13-19(25)23(18)16-1-2-20-21(10-16)30-22(29-20)11-17-9-15(3-4-28-17)14-31-7-5-26-6-8-31/h1-4,9-10,12-13,26H,5-8,11,14H2,(H,29,30). The van der Waals surface area contributed by atoms with E-state index in [1.54, 1.807) is 0 Å². The number of rotatable bonds is 5. The van der Waals surface area contributed by atoms with Gasteiger partial charge in [0, 0.05) is 62.8 Å². The lowest BCUT2D eigenvalue weighted by molar-refractivity contribution is 0.233. The number of benzene rings is 1. The van der Waals surface area contributed by atoms with Crippen LogP contribution in [0.5, 0.6) is 0 Å². The molecular formula is C23H22ClFN6. The topological polar surface area (TPSA) is 69.7 Å². The maximum atomic E-state index is 14.2. The summed E-state index contributed by atoms with van der Waals surface area (Å²) >= 11 is 6.17. The van der Waals surface area contributed by atoms with Gasteiger partial charge >= 0.3 is 0 Å². The molecule has 0 aliphatic carbocycles. The van der Waals surface area contributed by atoms with Crippen LogP contribution < -0.4 is 5.32 Å². The minimum Gasteiger partial charge on any atom is -0.342 e. The summed E-state index contributed by atoms with van der Waals surface area (Å²) in [6.07, 6.45) is 5.08. The fraction of sp³-hybridized carbons (Fsp3) is 0.261. The van der Waals surface area contributed by atoms with E-state index in [2.05, 4.69) is 42.3 Å². The largest absolute Gasteiger partial charge is 0.342 e. The van der Waals surface area contributed by atoms with Gasteiger partial charge in [0.25, 0.3) is 0 Å². The van der Waals surface area contributed by atoms with Crippen LogP contribution in [0.15, 0.2) is 48.9 Å². The molecule has 1 aliphatic heterocycles. The van der Waals surface area contributed by atoms with Crippen molar-refractivity contribution in [3.63, 3.8) is 0 Å². The van der Waals surface area contributed by atoms with Crippen LogP contribution in [0, 0.1) is 5.82 Å². The van der Waals surface area contributed by atoms with E-state index in [9.17, 15) is 4.39 Å². The Balaban J connectivity index is 1.37. The van der Waals surface area contributed by atoms with Gasteiger partial charge in [0.15, 0.2) is 5.82 Å². The molecule has 1 fully saturated rings. The Morgan fingerprint density at radius 2 is 1.97 bits per heavy atom. The molecule has 0 radical (unpaired) electrons. The van der Waals surface area contributed by atoms with Crippen LogP contribution in [0.1, 0.15) is 17.1 Å². The quantitative estimate of drug-likeness (QED) is 0.498. The van der Waals surface area contributed by atoms with E-state index < -0.39 is 5.82 Å². The fourth-order valence-corrected chi connectivity index (χ4v) is 4.27. The van der Waals surface area contributed by atoms with Crippen LogP contribution in [0.4, 0.5) is 4.39 Å². The molecule has 8 heteroatoms. The van der Waals surface area contributed by atoms with Gasteiger partial charge in [0.2, 0.25) is 0 Å². The number of nitrogens with zero attached hydrogens (tertiary/aromatic N) is 4. The molecule has 31 heavy (non-hydrogen) atoms. The van der Waals surface area contributed by atoms with Gasteiger partial charge < -0.3 is 10.3 Å². The highest BCUT2D eigenvalue weighted by atomic mass is 35.5. The van der Waals surface area contributed by atoms with Crippen LogP contribution in [-0.4, -0.2) is 51.0 Å². The third-order valence-corrected chi connectivity index (χ3v) is 5.80. The van der Waals surface area contributed by atoms with Crippen molar-refractivity contribution in [1.29, 1.82) is 0 Å². The molecule has 0 spiro atoms. The first-order chi connectivity index (χ1) is 15.2. The lowest BCUT2D eigenvalue weighted by Crippen LogP contribution is -2.42. The van der Waals surface area contributed by atoms with Crippen molar-refractivity contribution in [1.82, 2.24) is 30.2 Å². The maximum Gasteiger partial charge on any atom is 0.150 e. The summed E-state index contributed by atoms with van der Waals surface area (Å²) in [5.41, 5.74) is 4.90. The van der Waals surface area contributed by atoms with Crippen LogP contribution in [-0.2, 0) is 13.0 Å². The van der Waals surface area contributed by atoms with E-state index in [4.69, 9.17) is 11.6 Å². The third-order valence-electron chi connectivity index (χ3n) is 5.52. The molecule has 0 atom stereocenters. The molecule has 0 bridgehead atoms. The van der Waals surface area contributed by atoms with Crippen molar-refractivity contribution in [3.8, 4) is 11.1 Å². The molecule has 1 saturated heterocycles. The van der Waals surface area contributed by atoms with E-state index in [1.165, 1.54) is 18.0 Å². The molecule has 6 nitrogen and oxygen atoms in total. The SMILES string of the molecule is Fc1cncc(Cl)c1-c1ccc2nc(Cc3cc(CN4CCNCC4)ccn3)[nH]c2c1. The van der Waals surface area contributed by atoms with Crippen LogP contribution in [0.25, 0.3) is 22.2 Å². The van der Waals surface area contributed by atoms with Crippen molar-refractivity contribution in [2.75, 3.05) is 26.2 Å². The van der Waals surface area contributed by atoms with Crippen LogP contribution in [0.2, 0.25) is 5.02 Å². The first kappa shape index (κ1) is 20.1. The number of halogens is 2. The summed E-state index contributed by atoms with van der Waals surface area (Å²) in [5, 5.41) is 3.66. The van der Waals surface area contributed by atoms with Crippen LogP contribution >= 0.6 is 11.6 Å². The van der Waals surface area contributed by atoms with Crippen molar-refractivity contribution in [2.45, 2.75) is 13.0 Å². The predicted molar refractivity (Wildman–Crippen MR) is 119 cm³/mol. The number of pyridine rings is 2. The highest BCUT2D eigenvalue weighted by Crippen LogP contribution is 2.31. The summed E-state index contributed by atoms with van der Waals surface area (Å²) in [5.74, 6) is 0.373. The lowest BCUT2D eigenvalue weighted by Gasteiger charge is -2.27. The Bertz CT molecular complexity index is 1200. The summed E-state index contributed by atoms with van der Waals surface area (Å²) in [6, 6.07) is 9.78. The maximum absolute atomic E-state index is 14.2. The molecule has 1 aromatic carbocycles. The second-order valence-electron chi connectivity index (χ2n) is 7.75. The van der Waals surface area contributed by atoms with Gasteiger partial charge in [0.1, 0.15) is 5.82 Å². The predicted octanol–water partition coefficient (Wildman–Crippen LogP) is 3.81. The van der Waals surface area contributed by atoms with Gasteiger partial charge in [-0.2, -0.15) is 0 Å². The number of H-pyrrole nitrogens is 1. The number of hydrogen-bond donors (Lipinski definition) is 2. The van der Waals surface area contributed by atoms with Gasteiger partial charge in [-0.15, -0.1) is 0 Å². The normalized spacial score (nSPS) is 14.9. The minimum atomic E-state index is -0.447. The van der Waals surface area contributed by atoms with Crippen LogP contribution in [0.3, 0.4) is 0 Å². The number of imidazole rings is 1. The van der Waals surface area contributed by atoms with E-state index in [-0.39, 0.29) is 5.02 Å². The molecule has 4 aromatic rings. The van der Waals surface area contributed by atoms with E-state index in [1.807, 2.05) is 24.4 Å². The molecule has 0 saturated carbocycles.